The maximum atomic E-state index is 10.9. The van der Waals surface area contributed by atoms with Gasteiger partial charge in [0.1, 0.15) is 0 Å². The van der Waals surface area contributed by atoms with Gasteiger partial charge in [0.2, 0.25) is 0 Å². The number of hydrogen-bond donors (Lipinski definition) is 0. The zero-order chi connectivity index (χ0) is 16.7. The first-order valence-electron chi connectivity index (χ1n) is 7.83. The van der Waals surface area contributed by atoms with Crippen molar-refractivity contribution in [2.45, 2.75) is 5.92 Å². The van der Waals surface area contributed by atoms with E-state index in [1.165, 1.54) is 22.5 Å². The van der Waals surface area contributed by atoms with Gasteiger partial charge in [-0.15, -0.1) is 0 Å². The lowest BCUT2D eigenvalue weighted by Crippen LogP contribution is -2.22. The SMILES string of the molecule is CN1c2ccccc2C(c2ccc([N+](=O)[O-])cc2)c2ccccc21. The van der Waals surface area contributed by atoms with Crippen LogP contribution < -0.4 is 4.90 Å². The molecule has 0 atom stereocenters. The number of fused-ring (bicyclic) bond motifs is 2. The summed E-state index contributed by atoms with van der Waals surface area (Å²) in [5.41, 5.74) is 5.95. The Morgan fingerprint density at radius 3 is 1.83 bits per heavy atom. The van der Waals surface area contributed by atoms with Crippen LogP contribution in [0.1, 0.15) is 22.6 Å². The molecule has 4 heteroatoms. The fourth-order valence-corrected chi connectivity index (χ4v) is 3.52. The summed E-state index contributed by atoms with van der Waals surface area (Å²) >= 11 is 0. The van der Waals surface area contributed by atoms with Crippen LogP contribution in [0.3, 0.4) is 0 Å². The normalized spacial score (nSPS) is 13.3. The zero-order valence-electron chi connectivity index (χ0n) is 13.2. The molecule has 3 aromatic carbocycles. The van der Waals surface area contributed by atoms with Crippen LogP contribution in [0.5, 0.6) is 0 Å². The summed E-state index contributed by atoms with van der Waals surface area (Å²) in [6.45, 7) is 0. The number of nitrogens with zero attached hydrogens (tertiary/aromatic N) is 2. The number of hydrogen-bond acceptors (Lipinski definition) is 3. The van der Waals surface area contributed by atoms with E-state index >= 15 is 0 Å². The van der Waals surface area contributed by atoms with E-state index in [4.69, 9.17) is 0 Å². The Labute approximate surface area is 140 Å². The zero-order valence-corrected chi connectivity index (χ0v) is 13.2. The standard InChI is InChI=1S/C20H16N2O2/c1-21-18-8-4-2-6-16(18)20(17-7-3-5-9-19(17)21)14-10-12-15(13-11-14)22(23)24/h2-13,20H,1H3. The molecular formula is C20H16N2O2. The van der Waals surface area contributed by atoms with Gasteiger partial charge >= 0.3 is 0 Å². The molecule has 0 spiro atoms. The summed E-state index contributed by atoms with van der Waals surface area (Å²) in [5, 5.41) is 10.9. The van der Waals surface area contributed by atoms with Crippen LogP contribution in [0.4, 0.5) is 17.1 Å². The van der Waals surface area contributed by atoms with Gasteiger partial charge < -0.3 is 4.90 Å². The Hall–Kier alpha value is -3.14. The van der Waals surface area contributed by atoms with Crippen LogP contribution in [0.25, 0.3) is 0 Å². The topological polar surface area (TPSA) is 46.4 Å². The summed E-state index contributed by atoms with van der Waals surface area (Å²) in [5.74, 6) is 0.0782. The smallest absolute Gasteiger partial charge is 0.269 e. The Morgan fingerprint density at radius 2 is 1.33 bits per heavy atom. The Balaban J connectivity index is 1.92. The third-order valence-electron chi connectivity index (χ3n) is 4.66. The number of nitro benzene ring substituents is 1. The maximum absolute atomic E-state index is 10.9. The number of nitro groups is 1. The first-order chi connectivity index (χ1) is 11.7. The highest BCUT2D eigenvalue weighted by atomic mass is 16.6. The van der Waals surface area contributed by atoms with E-state index in [1.807, 2.05) is 36.4 Å². The fraction of sp³-hybridized carbons (Fsp3) is 0.100. The first-order valence-corrected chi connectivity index (χ1v) is 7.83. The van der Waals surface area contributed by atoms with Gasteiger partial charge in [0.05, 0.1) is 4.92 Å². The Bertz CT molecular complexity index is 871. The molecule has 24 heavy (non-hydrogen) atoms. The number of anilines is 2. The third-order valence-corrected chi connectivity index (χ3v) is 4.66. The van der Waals surface area contributed by atoms with Crippen LogP contribution in [-0.4, -0.2) is 12.0 Å². The molecule has 0 fully saturated rings. The second kappa shape index (κ2) is 5.49. The monoisotopic (exact) mass is 316 g/mol. The van der Waals surface area contributed by atoms with Crippen LogP contribution in [-0.2, 0) is 0 Å². The highest BCUT2D eigenvalue weighted by Gasteiger charge is 2.29. The van der Waals surface area contributed by atoms with Crippen molar-refractivity contribution in [1.29, 1.82) is 0 Å². The Kier molecular flexibility index (Phi) is 3.31. The second-order valence-corrected chi connectivity index (χ2v) is 5.96. The van der Waals surface area contributed by atoms with E-state index < -0.39 is 0 Å². The maximum Gasteiger partial charge on any atom is 0.269 e. The average molecular weight is 316 g/mol. The summed E-state index contributed by atoms with van der Waals surface area (Å²) in [6, 6.07) is 23.5. The molecule has 0 N–H and O–H groups in total. The molecule has 0 amide bonds. The summed E-state index contributed by atoms with van der Waals surface area (Å²) in [6.07, 6.45) is 0. The highest BCUT2D eigenvalue weighted by Crippen LogP contribution is 2.47. The van der Waals surface area contributed by atoms with Gasteiger partial charge in [0.15, 0.2) is 0 Å². The van der Waals surface area contributed by atoms with Crippen LogP contribution in [0.2, 0.25) is 0 Å². The average Bonchev–Trinajstić information content (AvgIpc) is 2.62. The summed E-state index contributed by atoms with van der Waals surface area (Å²) < 4.78 is 0. The van der Waals surface area contributed by atoms with Crippen LogP contribution >= 0.6 is 0 Å². The van der Waals surface area contributed by atoms with Crippen molar-refractivity contribution in [1.82, 2.24) is 0 Å². The molecule has 0 saturated heterocycles. The minimum Gasteiger partial charge on any atom is -0.344 e. The van der Waals surface area contributed by atoms with Crippen molar-refractivity contribution in [2.24, 2.45) is 0 Å². The van der Waals surface area contributed by atoms with E-state index in [0.717, 1.165) is 5.56 Å². The van der Waals surface area contributed by atoms with Crippen LogP contribution in [0, 0.1) is 10.1 Å². The third kappa shape index (κ3) is 2.15. The summed E-state index contributed by atoms with van der Waals surface area (Å²) in [7, 11) is 2.07. The van der Waals surface area contributed by atoms with Gasteiger partial charge in [-0.1, -0.05) is 48.5 Å². The molecule has 1 heterocycles. The minimum absolute atomic E-state index is 0.0782. The van der Waals surface area contributed by atoms with Gasteiger partial charge in [-0.3, -0.25) is 10.1 Å². The molecule has 0 aromatic heterocycles. The molecular weight excluding hydrogens is 300 g/mol. The van der Waals surface area contributed by atoms with Gasteiger partial charge in [0.25, 0.3) is 5.69 Å². The van der Waals surface area contributed by atoms with E-state index in [-0.39, 0.29) is 16.5 Å². The predicted octanol–water partition coefficient (Wildman–Crippen LogP) is 4.86. The van der Waals surface area contributed by atoms with Gasteiger partial charge in [-0.25, -0.2) is 0 Å². The number of rotatable bonds is 2. The highest BCUT2D eigenvalue weighted by molar-refractivity contribution is 5.77. The quantitative estimate of drug-likeness (QED) is 0.501. The van der Waals surface area contributed by atoms with Crippen molar-refractivity contribution >= 4 is 17.1 Å². The fourth-order valence-electron chi connectivity index (χ4n) is 3.52. The van der Waals surface area contributed by atoms with Crippen LogP contribution in [0.15, 0.2) is 72.8 Å². The largest absolute Gasteiger partial charge is 0.344 e. The molecule has 1 aliphatic rings. The van der Waals surface area contributed by atoms with E-state index in [1.54, 1.807) is 12.1 Å². The molecule has 0 radical (unpaired) electrons. The number of benzene rings is 3. The molecule has 118 valence electrons. The first kappa shape index (κ1) is 14.5. The van der Waals surface area contributed by atoms with Crippen molar-refractivity contribution in [3.63, 3.8) is 0 Å². The second-order valence-electron chi connectivity index (χ2n) is 5.96. The molecule has 0 unspecified atom stereocenters. The van der Waals surface area contributed by atoms with Crippen molar-refractivity contribution in [3.8, 4) is 0 Å². The van der Waals surface area contributed by atoms with Gasteiger partial charge in [-0.05, 0) is 28.8 Å². The lowest BCUT2D eigenvalue weighted by molar-refractivity contribution is -0.384. The van der Waals surface area contributed by atoms with Crippen molar-refractivity contribution < 1.29 is 4.92 Å². The molecule has 1 aliphatic heterocycles. The van der Waals surface area contributed by atoms with Crippen molar-refractivity contribution in [3.05, 3.63) is 99.6 Å². The van der Waals surface area contributed by atoms with Gasteiger partial charge in [0, 0.05) is 36.5 Å². The molecule has 0 bridgehead atoms. The minimum atomic E-state index is -0.361. The lowest BCUT2D eigenvalue weighted by atomic mass is 9.80. The molecule has 4 rings (SSSR count). The van der Waals surface area contributed by atoms with E-state index in [2.05, 4.69) is 36.2 Å². The number of non-ortho nitro benzene ring substituents is 1. The molecule has 3 aromatic rings. The van der Waals surface area contributed by atoms with E-state index in [0.29, 0.717) is 0 Å². The van der Waals surface area contributed by atoms with Crippen molar-refractivity contribution in [2.75, 3.05) is 11.9 Å². The molecule has 4 nitrogen and oxygen atoms in total. The molecule has 0 aliphatic carbocycles. The predicted molar refractivity (Wildman–Crippen MR) is 95.0 cm³/mol. The Morgan fingerprint density at radius 1 is 0.833 bits per heavy atom. The lowest BCUT2D eigenvalue weighted by Gasteiger charge is -2.35. The summed E-state index contributed by atoms with van der Waals surface area (Å²) in [4.78, 5) is 12.8. The van der Waals surface area contributed by atoms with Gasteiger partial charge in [-0.2, -0.15) is 0 Å². The van der Waals surface area contributed by atoms with E-state index in [9.17, 15) is 10.1 Å². The molecule has 0 saturated carbocycles. The number of para-hydroxylation sites is 2.